The molecule has 0 aliphatic rings. The molecule has 0 radical (unpaired) electrons. The van der Waals surface area contributed by atoms with Crippen molar-refractivity contribution >= 4 is 17.7 Å². The van der Waals surface area contributed by atoms with Crippen molar-refractivity contribution < 1.29 is 9.53 Å². The van der Waals surface area contributed by atoms with Crippen LogP contribution in [0.3, 0.4) is 0 Å². The summed E-state index contributed by atoms with van der Waals surface area (Å²) < 4.78 is 5.79. The van der Waals surface area contributed by atoms with Crippen LogP contribution in [0.15, 0.2) is 53.4 Å². The van der Waals surface area contributed by atoms with Crippen LogP contribution in [-0.2, 0) is 11.3 Å². The van der Waals surface area contributed by atoms with Gasteiger partial charge in [-0.05, 0) is 49.4 Å². The lowest BCUT2D eigenvalue weighted by Crippen LogP contribution is -2.37. The zero-order chi connectivity index (χ0) is 16.7. The number of hydrogen-bond acceptors (Lipinski definition) is 3. The van der Waals surface area contributed by atoms with E-state index in [4.69, 9.17) is 4.74 Å². The van der Waals surface area contributed by atoms with Crippen molar-refractivity contribution in [2.24, 2.45) is 0 Å². The van der Waals surface area contributed by atoms with E-state index in [9.17, 15) is 4.79 Å². The van der Waals surface area contributed by atoms with E-state index in [2.05, 4.69) is 17.4 Å². The second-order valence-corrected chi connectivity index (χ2v) is 6.27. The third-order valence-corrected chi connectivity index (χ3v) is 4.33. The lowest BCUT2D eigenvalue weighted by Gasteiger charge is -2.17. The van der Waals surface area contributed by atoms with Crippen LogP contribution in [0, 0.1) is 6.92 Å². The van der Waals surface area contributed by atoms with E-state index in [-0.39, 0.29) is 5.91 Å². The van der Waals surface area contributed by atoms with Crippen LogP contribution in [-0.4, -0.2) is 18.3 Å². The Labute approximate surface area is 142 Å². The van der Waals surface area contributed by atoms with Crippen LogP contribution in [0.25, 0.3) is 0 Å². The van der Waals surface area contributed by atoms with Gasteiger partial charge in [-0.3, -0.25) is 4.79 Å². The molecule has 0 saturated carbocycles. The third kappa shape index (κ3) is 5.32. The molecule has 122 valence electrons. The minimum Gasteiger partial charge on any atom is -0.481 e. The Hall–Kier alpha value is -1.94. The number of carbonyl (C=O) groups excluding carboxylic acids is 1. The molecule has 1 amide bonds. The highest BCUT2D eigenvalue weighted by molar-refractivity contribution is 7.98. The Morgan fingerprint density at radius 3 is 2.35 bits per heavy atom. The van der Waals surface area contributed by atoms with E-state index < -0.39 is 6.10 Å². The first kappa shape index (κ1) is 17.4. The van der Waals surface area contributed by atoms with Crippen molar-refractivity contribution in [2.45, 2.75) is 37.8 Å². The molecule has 1 N–H and O–H groups in total. The van der Waals surface area contributed by atoms with E-state index in [0.717, 1.165) is 11.3 Å². The molecule has 0 bridgehead atoms. The molecule has 0 aliphatic carbocycles. The molecule has 0 heterocycles. The highest BCUT2D eigenvalue weighted by Crippen LogP contribution is 2.16. The number of benzene rings is 2. The standard InChI is InChI=1S/C19H23NO2S/c1-4-18(22-16-9-5-14(2)6-10-16)19(21)20-13-15-7-11-17(23-3)12-8-15/h5-12,18H,4,13H2,1-3H3,(H,20,21). The van der Waals surface area contributed by atoms with Crippen molar-refractivity contribution in [2.75, 3.05) is 6.26 Å². The molecule has 0 aromatic heterocycles. The third-order valence-electron chi connectivity index (χ3n) is 3.59. The predicted molar refractivity (Wildman–Crippen MR) is 96.0 cm³/mol. The molecule has 3 nitrogen and oxygen atoms in total. The molecule has 2 aromatic carbocycles. The van der Waals surface area contributed by atoms with Gasteiger partial charge in [0.25, 0.3) is 5.91 Å². The Morgan fingerprint density at radius 1 is 1.13 bits per heavy atom. The van der Waals surface area contributed by atoms with Crippen LogP contribution in [0.2, 0.25) is 0 Å². The molecular weight excluding hydrogens is 306 g/mol. The van der Waals surface area contributed by atoms with E-state index in [0.29, 0.717) is 13.0 Å². The summed E-state index contributed by atoms with van der Waals surface area (Å²) in [5.41, 5.74) is 2.25. The maximum absolute atomic E-state index is 12.3. The van der Waals surface area contributed by atoms with Gasteiger partial charge in [0.2, 0.25) is 0 Å². The summed E-state index contributed by atoms with van der Waals surface area (Å²) in [7, 11) is 0. The molecule has 4 heteroatoms. The van der Waals surface area contributed by atoms with Crippen LogP contribution in [0.5, 0.6) is 5.75 Å². The van der Waals surface area contributed by atoms with E-state index in [1.807, 2.05) is 56.5 Å². The summed E-state index contributed by atoms with van der Waals surface area (Å²) in [6.07, 6.45) is 2.21. The first-order valence-corrected chi connectivity index (χ1v) is 8.98. The number of aryl methyl sites for hydroxylation is 1. The van der Waals surface area contributed by atoms with Gasteiger partial charge in [0, 0.05) is 11.4 Å². The van der Waals surface area contributed by atoms with Crippen molar-refractivity contribution in [1.82, 2.24) is 5.32 Å². The van der Waals surface area contributed by atoms with Crippen LogP contribution < -0.4 is 10.1 Å². The van der Waals surface area contributed by atoms with Crippen LogP contribution in [0.1, 0.15) is 24.5 Å². The number of hydrogen-bond donors (Lipinski definition) is 1. The van der Waals surface area contributed by atoms with Gasteiger partial charge in [-0.2, -0.15) is 0 Å². The molecule has 23 heavy (non-hydrogen) atoms. The van der Waals surface area contributed by atoms with E-state index in [1.165, 1.54) is 10.5 Å². The lowest BCUT2D eigenvalue weighted by molar-refractivity contribution is -0.128. The number of rotatable bonds is 7. The number of carbonyl (C=O) groups is 1. The summed E-state index contributed by atoms with van der Waals surface area (Å²) in [5.74, 6) is 0.643. The molecule has 2 rings (SSSR count). The number of nitrogens with one attached hydrogen (secondary N) is 1. The highest BCUT2D eigenvalue weighted by Gasteiger charge is 2.17. The van der Waals surface area contributed by atoms with Gasteiger partial charge in [-0.25, -0.2) is 0 Å². The summed E-state index contributed by atoms with van der Waals surface area (Å²) in [4.78, 5) is 13.5. The summed E-state index contributed by atoms with van der Waals surface area (Å²) in [6.45, 7) is 4.49. The monoisotopic (exact) mass is 329 g/mol. The van der Waals surface area contributed by atoms with Crippen LogP contribution >= 0.6 is 11.8 Å². The predicted octanol–water partition coefficient (Wildman–Crippen LogP) is 4.19. The molecule has 0 spiro atoms. The van der Waals surface area contributed by atoms with E-state index >= 15 is 0 Å². The molecule has 0 aliphatic heterocycles. The second-order valence-electron chi connectivity index (χ2n) is 5.39. The summed E-state index contributed by atoms with van der Waals surface area (Å²) in [5, 5.41) is 2.95. The van der Waals surface area contributed by atoms with E-state index in [1.54, 1.807) is 11.8 Å². The Kier molecular flexibility index (Phi) is 6.53. The van der Waals surface area contributed by atoms with Gasteiger partial charge in [0.15, 0.2) is 6.10 Å². The minimum atomic E-state index is -0.469. The Bertz CT molecular complexity index is 623. The zero-order valence-electron chi connectivity index (χ0n) is 13.8. The topological polar surface area (TPSA) is 38.3 Å². The second kappa shape index (κ2) is 8.63. The Balaban J connectivity index is 1.90. The fourth-order valence-corrected chi connectivity index (χ4v) is 2.56. The van der Waals surface area contributed by atoms with Gasteiger partial charge in [-0.1, -0.05) is 36.8 Å². The summed E-state index contributed by atoms with van der Waals surface area (Å²) in [6, 6.07) is 15.9. The minimum absolute atomic E-state index is 0.0815. The number of ether oxygens (including phenoxy) is 1. The van der Waals surface area contributed by atoms with Crippen LogP contribution in [0.4, 0.5) is 0 Å². The maximum Gasteiger partial charge on any atom is 0.261 e. The highest BCUT2D eigenvalue weighted by atomic mass is 32.2. The smallest absolute Gasteiger partial charge is 0.261 e. The maximum atomic E-state index is 12.3. The Morgan fingerprint density at radius 2 is 1.78 bits per heavy atom. The first-order valence-electron chi connectivity index (χ1n) is 7.76. The molecular formula is C19H23NO2S. The molecule has 1 atom stereocenters. The fourth-order valence-electron chi connectivity index (χ4n) is 2.15. The van der Waals surface area contributed by atoms with Gasteiger partial charge in [-0.15, -0.1) is 11.8 Å². The summed E-state index contributed by atoms with van der Waals surface area (Å²) >= 11 is 1.71. The average Bonchev–Trinajstić information content (AvgIpc) is 2.59. The largest absolute Gasteiger partial charge is 0.481 e. The molecule has 1 unspecified atom stereocenters. The van der Waals surface area contributed by atoms with Gasteiger partial charge in [0.1, 0.15) is 5.75 Å². The van der Waals surface area contributed by atoms with Gasteiger partial charge in [0.05, 0.1) is 0 Å². The zero-order valence-corrected chi connectivity index (χ0v) is 14.7. The first-order chi connectivity index (χ1) is 11.1. The quantitative estimate of drug-likeness (QED) is 0.774. The van der Waals surface area contributed by atoms with Gasteiger partial charge < -0.3 is 10.1 Å². The molecule has 0 saturated heterocycles. The number of amides is 1. The average molecular weight is 329 g/mol. The SMILES string of the molecule is CCC(Oc1ccc(C)cc1)C(=O)NCc1ccc(SC)cc1. The number of thioether (sulfide) groups is 1. The van der Waals surface area contributed by atoms with Gasteiger partial charge >= 0.3 is 0 Å². The fraction of sp³-hybridized carbons (Fsp3) is 0.316. The molecule has 0 fully saturated rings. The normalized spacial score (nSPS) is 11.8. The van der Waals surface area contributed by atoms with Crippen molar-refractivity contribution in [1.29, 1.82) is 0 Å². The van der Waals surface area contributed by atoms with Crippen molar-refractivity contribution in [3.63, 3.8) is 0 Å². The molecule has 2 aromatic rings. The lowest BCUT2D eigenvalue weighted by atomic mass is 10.2. The van der Waals surface area contributed by atoms with Crippen molar-refractivity contribution in [3.05, 3.63) is 59.7 Å². The van der Waals surface area contributed by atoms with Crippen molar-refractivity contribution in [3.8, 4) is 5.75 Å².